The summed E-state index contributed by atoms with van der Waals surface area (Å²) in [5, 5.41) is 28.1. The van der Waals surface area contributed by atoms with Crippen LogP contribution in [-0.4, -0.2) is 17.2 Å². The fraction of sp³-hybridized carbons (Fsp3) is 0.600. The summed E-state index contributed by atoms with van der Waals surface area (Å²) in [4.78, 5) is 10.4. The SMILES string of the molecule is N#CC(=CC1CCC(O)CC1)C(=O)[O-]. The number of aliphatic hydroxyl groups excluding tert-OH is 1. The molecule has 0 aromatic carbocycles. The molecule has 0 atom stereocenters. The Morgan fingerprint density at radius 1 is 1.43 bits per heavy atom. The van der Waals surface area contributed by atoms with E-state index in [0.29, 0.717) is 12.8 Å². The Labute approximate surface area is 82.5 Å². The molecule has 1 N–H and O–H groups in total. The van der Waals surface area contributed by atoms with E-state index in [9.17, 15) is 15.0 Å². The lowest BCUT2D eigenvalue weighted by Crippen LogP contribution is -2.25. The molecular formula is C10H12NO3-. The first kappa shape index (κ1) is 10.7. The average molecular weight is 194 g/mol. The summed E-state index contributed by atoms with van der Waals surface area (Å²) in [6, 6.07) is 1.60. The molecule has 4 heteroatoms. The number of carbonyl (C=O) groups excluding carboxylic acids is 1. The number of hydrogen-bond acceptors (Lipinski definition) is 4. The molecule has 1 aliphatic carbocycles. The molecule has 0 heterocycles. The van der Waals surface area contributed by atoms with Crippen LogP contribution >= 0.6 is 0 Å². The zero-order chi connectivity index (χ0) is 10.6. The highest BCUT2D eigenvalue weighted by Gasteiger charge is 2.18. The van der Waals surface area contributed by atoms with Crippen molar-refractivity contribution in [2.45, 2.75) is 31.8 Å². The van der Waals surface area contributed by atoms with Crippen LogP contribution in [0.4, 0.5) is 0 Å². The van der Waals surface area contributed by atoms with E-state index in [0.717, 1.165) is 12.8 Å². The first-order valence-electron chi connectivity index (χ1n) is 4.65. The normalized spacial score (nSPS) is 28.1. The Hall–Kier alpha value is -1.34. The highest BCUT2D eigenvalue weighted by Crippen LogP contribution is 2.25. The maximum absolute atomic E-state index is 10.4. The molecule has 0 aromatic rings. The van der Waals surface area contributed by atoms with E-state index in [4.69, 9.17) is 5.26 Å². The van der Waals surface area contributed by atoms with Crippen molar-refractivity contribution < 1.29 is 15.0 Å². The van der Waals surface area contributed by atoms with Crippen LogP contribution in [0.1, 0.15) is 25.7 Å². The molecule has 4 nitrogen and oxygen atoms in total. The van der Waals surface area contributed by atoms with E-state index in [2.05, 4.69) is 0 Å². The van der Waals surface area contributed by atoms with Gasteiger partial charge in [0, 0.05) is 0 Å². The van der Waals surface area contributed by atoms with Crippen molar-refractivity contribution in [3.8, 4) is 6.07 Å². The van der Waals surface area contributed by atoms with Gasteiger partial charge in [0.05, 0.1) is 17.6 Å². The number of aliphatic carboxylic acids is 1. The summed E-state index contributed by atoms with van der Waals surface area (Å²) in [5.74, 6) is -1.33. The number of carbonyl (C=O) groups is 1. The molecule has 0 aromatic heterocycles. The third kappa shape index (κ3) is 2.86. The van der Waals surface area contributed by atoms with Crippen LogP contribution in [0.2, 0.25) is 0 Å². The van der Waals surface area contributed by atoms with E-state index >= 15 is 0 Å². The standard InChI is InChI=1S/C10H13NO3/c11-6-8(10(13)14)5-7-1-3-9(12)4-2-7/h5,7,9,12H,1-4H2,(H,13,14)/p-1. The minimum absolute atomic E-state index is 0.0888. The number of carboxylic acids is 1. The number of rotatable bonds is 2. The number of aliphatic hydroxyl groups is 1. The molecule has 14 heavy (non-hydrogen) atoms. The Balaban J connectivity index is 2.59. The largest absolute Gasteiger partial charge is 0.544 e. The smallest absolute Gasteiger partial charge is 0.101 e. The van der Waals surface area contributed by atoms with E-state index in [-0.39, 0.29) is 17.6 Å². The first-order valence-corrected chi connectivity index (χ1v) is 4.65. The Morgan fingerprint density at radius 3 is 2.43 bits per heavy atom. The molecular weight excluding hydrogens is 182 g/mol. The van der Waals surface area contributed by atoms with Crippen molar-refractivity contribution in [2.75, 3.05) is 0 Å². The van der Waals surface area contributed by atoms with E-state index in [1.54, 1.807) is 6.07 Å². The van der Waals surface area contributed by atoms with Gasteiger partial charge in [0.15, 0.2) is 0 Å². The summed E-state index contributed by atoms with van der Waals surface area (Å²) in [7, 11) is 0. The summed E-state index contributed by atoms with van der Waals surface area (Å²) in [6.45, 7) is 0. The van der Waals surface area contributed by atoms with Gasteiger partial charge >= 0.3 is 0 Å². The van der Waals surface area contributed by atoms with Crippen molar-refractivity contribution in [2.24, 2.45) is 5.92 Å². The summed E-state index contributed by atoms with van der Waals surface area (Å²) in [5.41, 5.74) is -0.300. The molecule has 1 fully saturated rings. The lowest BCUT2D eigenvalue weighted by atomic mass is 9.86. The Bertz CT molecular complexity index is 282. The molecule has 1 saturated carbocycles. The predicted octanol–water partition coefficient (Wildman–Crippen LogP) is -0.263. The highest BCUT2D eigenvalue weighted by atomic mass is 16.4. The number of nitrogens with zero attached hydrogens (tertiary/aromatic N) is 1. The van der Waals surface area contributed by atoms with E-state index in [1.165, 1.54) is 6.08 Å². The van der Waals surface area contributed by atoms with Crippen molar-refractivity contribution in [1.29, 1.82) is 5.26 Å². The summed E-state index contributed by atoms with van der Waals surface area (Å²) in [6.07, 6.45) is 3.99. The third-order valence-electron chi connectivity index (χ3n) is 2.48. The van der Waals surface area contributed by atoms with Gasteiger partial charge in [-0.25, -0.2) is 0 Å². The van der Waals surface area contributed by atoms with Gasteiger partial charge < -0.3 is 15.0 Å². The van der Waals surface area contributed by atoms with Crippen LogP contribution in [0.3, 0.4) is 0 Å². The van der Waals surface area contributed by atoms with Crippen molar-refractivity contribution in [1.82, 2.24) is 0 Å². The first-order chi connectivity index (χ1) is 6.63. The molecule has 0 radical (unpaired) electrons. The molecule has 0 unspecified atom stereocenters. The van der Waals surface area contributed by atoms with Crippen LogP contribution in [0.15, 0.2) is 11.6 Å². The van der Waals surface area contributed by atoms with Gasteiger partial charge in [-0.15, -0.1) is 0 Å². The second kappa shape index (κ2) is 4.77. The van der Waals surface area contributed by atoms with Gasteiger partial charge in [0.25, 0.3) is 0 Å². The summed E-state index contributed by atoms with van der Waals surface area (Å²) >= 11 is 0. The van der Waals surface area contributed by atoms with Crippen LogP contribution in [0.5, 0.6) is 0 Å². The third-order valence-corrected chi connectivity index (χ3v) is 2.48. The zero-order valence-corrected chi connectivity index (χ0v) is 7.77. The van der Waals surface area contributed by atoms with Gasteiger partial charge in [0.2, 0.25) is 0 Å². The minimum atomic E-state index is -1.42. The maximum atomic E-state index is 10.4. The monoisotopic (exact) mass is 194 g/mol. The maximum Gasteiger partial charge on any atom is 0.101 e. The molecule has 0 amide bonds. The minimum Gasteiger partial charge on any atom is -0.544 e. The Morgan fingerprint density at radius 2 is 2.00 bits per heavy atom. The van der Waals surface area contributed by atoms with Crippen LogP contribution in [0.25, 0.3) is 0 Å². The molecule has 0 spiro atoms. The topological polar surface area (TPSA) is 84.1 Å². The van der Waals surface area contributed by atoms with Crippen molar-refractivity contribution in [3.05, 3.63) is 11.6 Å². The molecule has 1 aliphatic rings. The highest BCUT2D eigenvalue weighted by molar-refractivity contribution is 5.89. The fourth-order valence-electron chi connectivity index (χ4n) is 1.65. The number of nitriles is 1. The quantitative estimate of drug-likeness (QED) is 0.484. The van der Waals surface area contributed by atoms with Gasteiger partial charge in [-0.3, -0.25) is 0 Å². The van der Waals surface area contributed by atoms with Gasteiger partial charge in [0.1, 0.15) is 6.07 Å². The number of allylic oxidation sites excluding steroid dienone is 1. The number of carboxylic acid groups (broad SMARTS) is 1. The van der Waals surface area contributed by atoms with Crippen LogP contribution < -0.4 is 5.11 Å². The van der Waals surface area contributed by atoms with Gasteiger partial charge in [-0.2, -0.15) is 5.26 Å². The predicted molar refractivity (Wildman–Crippen MR) is 46.7 cm³/mol. The Kier molecular flexibility index (Phi) is 3.66. The fourth-order valence-corrected chi connectivity index (χ4v) is 1.65. The van der Waals surface area contributed by atoms with Crippen LogP contribution in [-0.2, 0) is 4.79 Å². The van der Waals surface area contributed by atoms with E-state index in [1.807, 2.05) is 0 Å². The zero-order valence-electron chi connectivity index (χ0n) is 7.77. The van der Waals surface area contributed by atoms with Gasteiger partial charge in [-0.05, 0) is 31.6 Å². The lowest BCUT2D eigenvalue weighted by Gasteiger charge is -2.23. The lowest BCUT2D eigenvalue weighted by molar-refractivity contribution is -0.298. The van der Waals surface area contributed by atoms with E-state index < -0.39 is 5.97 Å². The second-order valence-electron chi connectivity index (χ2n) is 3.55. The second-order valence-corrected chi connectivity index (χ2v) is 3.55. The van der Waals surface area contributed by atoms with Gasteiger partial charge in [-0.1, -0.05) is 6.08 Å². The van der Waals surface area contributed by atoms with Crippen LogP contribution in [0, 0.1) is 17.2 Å². The summed E-state index contributed by atoms with van der Waals surface area (Å²) < 4.78 is 0. The van der Waals surface area contributed by atoms with Crippen molar-refractivity contribution >= 4 is 5.97 Å². The molecule has 76 valence electrons. The molecule has 0 bridgehead atoms. The number of hydrogen-bond donors (Lipinski definition) is 1. The molecule has 1 rings (SSSR count). The molecule has 0 aliphatic heterocycles. The van der Waals surface area contributed by atoms with Crippen molar-refractivity contribution in [3.63, 3.8) is 0 Å². The average Bonchev–Trinajstić information content (AvgIpc) is 2.16. The molecule has 0 saturated heterocycles.